The molecule has 0 aliphatic heterocycles. The van der Waals surface area contributed by atoms with Crippen LogP contribution in [0.15, 0.2) is 35.7 Å². The van der Waals surface area contributed by atoms with Crippen molar-refractivity contribution < 1.29 is 4.42 Å². The minimum Gasteiger partial charge on any atom is -0.472 e. The molecule has 0 saturated heterocycles. The minimum atomic E-state index is 0.111. The van der Waals surface area contributed by atoms with Crippen LogP contribution in [0.5, 0.6) is 0 Å². The smallest absolute Gasteiger partial charge is 0.0934 e. The van der Waals surface area contributed by atoms with Gasteiger partial charge in [0, 0.05) is 12.0 Å². The molecular formula is C12H19NO. The van der Waals surface area contributed by atoms with Gasteiger partial charge in [-0.1, -0.05) is 19.9 Å². The first-order valence-electron chi connectivity index (χ1n) is 5.05. The van der Waals surface area contributed by atoms with E-state index in [2.05, 4.69) is 25.7 Å². The topological polar surface area (TPSA) is 25.2 Å². The molecule has 0 aliphatic rings. The molecule has 0 aromatic carbocycles. The Balaban J connectivity index is 2.56. The van der Waals surface area contributed by atoms with Crippen LogP contribution in [-0.2, 0) is 6.42 Å². The molecule has 2 heteroatoms. The number of furan rings is 1. The van der Waals surface area contributed by atoms with E-state index in [9.17, 15) is 0 Å². The highest BCUT2D eigenvalue weighted by molar-refractivity contribution is 5.11. The summed E-state index contributed by atoms with van der Waals surface area (Å²) in [6.45, 7) is 10.2. The van der Waals surface area contributed by atoms with E-state index in [1.807, 2.05) is 12.1 Å². The lowest BCUT2D eigenvalue weighted by molar-refractivity contribution is 0.394. The summed E-state index contributed by atoms with van der Waals surface area (Å²) >= 11 is 0. The second-order valence-corrected chi connectivity index (χ2v) is 3.95. The van der Waals surface area contributed by atoms with Crippen molar-refractivity contribution in [1.82, 2.24) is 5.32 Å². The third kappa shape index (κ3) is 3.04. The molecule has 1 aromatic heterocycles. The Morgan fingerprint density at radius 2 is 2.43 bits per heavy atom. The van der Waals surface area contributed by atoms with Crippen LogP contribution in [0.3, 0.4) is 0 Å². The van der Waals surface area contributed by atoms with Crippen molar-refractivity contribution in [2.45, 2.75) is 20.3 Å². The van der Waals surface area contributed by atoms with Gasteiger partial charge in [0.05, 0.1) is 12.5 Å². The molecule has 78 valence electrons. The summed E-state index contributed by atoms with van der Waals surface area (Å²) in [7, 11) is 0. The van der Waals surface area contributed by atoms with Crippen LogP contribution >= 0.6 is 0 Å². The molecule has 0 amide bonds. The Bertz CT molecular complexity index is 266. The van der Waals surface area contributed by atoms with E-state index < -0.39 is 0 Å². The Morgan fingerprint density at radius 3 is 2.93 bits per heavy atom. The summed E-state index contributed by atoms with van der Waals surface area (Å²) in [5.41, 5.74) is 1.34. The number of rotatable bonds is 6. The van der Waals surface area contributed by atoms with Gasteiger partial charge >= 0.3 is 0 Å². The quantitative estimate of drug-likeness (QED) is 0.702. The number of hydrogen-bond acceptors (Lipinski definition) is 2. The van der Waals surface area contributed by atoms with Crippen LogP contribution in [0.1, 0.15) is 19.4 Å². The zero-order valence-electron chi connectivity index (χ0n) is 9.05. The first-order chi connectivity index (χ1) is 6.70. The van der Waals surface area contributed by atoms with Crippen LogP contribution in [0.2, 0.25) is 0 Å². The first-order valence-corrected chi connectivity index (χ1v) is 5.05. The fraction of sp³-hybridized carbons (Fsp3) is 0.500. The number of hydrogen-bond donors (Lipinski definition) is 1. The van der Waals surface area contributed by atoms with E-state index in [4.69, 9.17) is 4.42 Å². The molecule has 1 unspecified atom stereocenters. The lowest BCUT2D eigenvalue weighted by atomic mass is 9.84. The molecule has 0 fully saturated rings. The van der Waals surface area contributed by atoms with Crippen molar-refractivity contribution in [2.24, 2.45) is 5.41 Å². The molecule has 0 radical (unpaired) electrons. The lowest BCUT2D eigenvalue weighted by Crippen LogP contribution is -2.31. The molecule has 0 aliphatic carbocycles. The summed E-state index contributed by atoms with van der Waals surface area (Å²) in [4.78, 5) is 0. The Kier molecular flexibility index (Phi) is 3.96. The van der Waals surface area contributed by atoms with E-state index >= 15 is 0 Å². The largest absolute Gasteiger partial charge is 0.472 e. The van der Waals surface area contributed by atoms with Crippen molar-refractivity contribution in [3.8, 4) is 0 Å². The third-order valence-corrected chi connectivity index (χ3v) is 2.46. The zero-order valence-corrected chi connectivity index (χ0v) is 9.05. The molecule has 2 nitrogen and oxygen atoms in total. The molecule has 1 aromatic rings. The van der Waals surface area contributed by atoms with Crippen LogP contribution in [-0.4, -0.2) is 13.1 Å². The number of nitrogens with one attached hydrogen (secondary N) is 1. The zero-order chi connectivity index (χ0) is 10.4. The van der Waals surface area contributed by atoms with Crippen molar-refractivity contribution in [2.75, 3.05) is 13.1 Å². The monoisotopic (exact) mass is 193 g/mol. The van der Waals surface area contributed by atoms with Gasteiger partial charge in [0.2, 0.25) is 0 Å². The van der Waals surface area contributed by atoms with E-state index in [-0.39, 0.29) is 5.41 Å². The van der Waals surface area contributed by atoms with Crippen molar-refractivity contribution in [3.63, 3.8) is 0 Å². The SMILES string of the molecule is C=CC(C)(CNCC)Cc1ccoc1. The molecular weight excluding hydrogens is 174 g/mol. The molecule has 0 bridgehead atoms. The summed E-state index contributed by atoms with van der Waals surface area (Å²) < 4.78 is 5.05. The Morgan fingerprint density at radius 1 is 1.64 bits per heavy atom. The van der Waals surface area contributed by atoms with Crippen LogP contribution < -0.4 is 5.32 Å². The van der Waals surface area contributed by atoms with Gasteiger partial charge in [-0.05, 0) is 24.6 Å². The maximum Gasteiger partial charge on any atom is 0.0934 e. The predicted octanol–water partition coefficient (Wildman–Crippen LogP) is 2.62. The van der Waals surface area contributed by atoms with E-state index in [0.717, 1.165) is 19.5 Å². The van der Waals surface area contributed by atoms with Crippen molar-refractivity contribution >= 4 is 0 Å². The molecule has 0 saturated carbocycles. The van der Waals surface area contributed by atoms with Crippen LogP contribution in [0, 0.1) is 5.41 Å². The van der Waals surface area contributed by atoms with Gasteiger partial charge in [-0.25, -0.2) is 0 Å². The van der Waals surface area contributed by atoms with E-state index in [1.165, 1.54) is 5.56 Å². The van der Waals surface area contributed by atoms with Crippen LogP contribution in [0.25, 0.3) is 0 Å². The second kappa shape index (κ2) is 5.01. The van der Waals surface area contributed by atoms with Gasteiger partial charge in [0.15, 0.2) is 0 Å². The maximum absolute atomic E-state index is 5.05. The van der Waals surface area contributed by atoms with Gasteiger partial charge in [-0.2, -0.15) is 0 Å². The van der Waals surface area contributed by atoms with Gasteiger partial charge in [-0.3, -0.25) is 0 Å². The van der Waals surface area contributed by atoms with Gasteiger partial charge in [0.25, 0.3) is 0 Å². The first kappa shape index (κ1) is 11.1. The molecule has 1 heterocycles. The Labute approximate surface area is 86.0 Å². The Hall–Kier alpha value is -1.02. The fourth-order valence-electron chi connectivity index (χ4n) is 1.48. The lowest BCUT2D eigenvalue weighted by Gasteiger charge is -2.25. The van der Waals surface area contributed by atoms with Crippen LogP contribution in [0.4, 0.5) is 0 Å². The third-order valence-electron chi connectivity index (χ3n) is 2.46. The van der Waals surface area contributed by atoms with Crippen molar-refractivity contribution in [3.05, 3.63) is 36.8 Å². The fourth-order valence-corrected chi connectivity index (χ4v) is 1.48. The summed E-state index contributed by atoms with van der Waals surface area (Å²) in [6.07, 6.45) is 6.50. The van der Waals surface area contributed by atoms with Gasteiger partial charge in [0.1, 0.15) is 0 Å². The molecule has 1 N–H and O–H groups in total. The highest BCUT2D eigenvalue weighted by Crippen LogP contribution is 2.23. The summed E-state index contributed by atoms with van der Waals surface area (Å²) in [5, 5.41) is 3.35. The predicted molar refractivity (Wildman–Crippen MR) is 59.3 cm³/mol. The van der Waals surface area contributed by atoms with E-state index in [1.54, 1.807) is 12.5 Å². The van der Waals surface area contributed by atoms with E-state index in [0.29, 0.717) is 0 Å². The second-order valence-electron chi connectivity index (χ2n) is 3.95. The standard InChI is InChI=1S/C12H19NO/c1-4-12(3,10-13-5-2)8-11-6-7-14-9-11/h4,6-7,9,13H,1,5,8,10H2,2-3H3. The highest BCUT2D eigenvalue weighted by Gasteiger charge is 2.20. The minimum absolute atomic E-state index is 0.111. The maximum atomic E-state index is 5.05. The van der Waals surface area contributed by atoms with Gasteiger partial charge < -0.3 is 9.73 Å². The molecule has 1 atom stereocenters. The normalized spacial score (nSPS) is 15.0. The molecule has 14 heavy (non-hydrogen) atoms. The highest BCUT2D eigenvalue weighted by atomic mass is 16.3. The van der Waals surface area contributed by atoms with Crippen molar-refractivity contribution in [1.29, 1.82) is 0 Å². The average Bonchev–Trinajstić information content (AvgIpc) is 2.67. The average molecular weight is 193 g/mol. The molecule has 0 spiro atoms. The van der Waals surface area contributed by atoms with Gasteiger partial charge in [-0.15, -0.1) is 6.58 Å². The summed E-state index contributed by atoms with van der Waals surface area (Å²) in [6, 6.07) is 2.01. The summed E-state index contributed by atoms with van der Waals surface area (Å²) in [5.74, 6) is 0. The molecule has 1 rings (SSSR count).